The van der Waals surface area contributed by atoms with E-state index in [1.165, 1.54) is 5.57 Å². The molecule has 0 spiro atoms. The molecule has 0 aromatic heterocycles. The molecule has 0 saturated heterocycles. The van der Waals surface area contributed by atoms with E-state index in [-0.39, 0.29) is 5.41 Å². The van der Waals surface area contributed by atoms with Crippen LogP contribution in [0.3, 0.4) is 0 Å². The lowest BCUT2D eigenvalue weighted by atomic mass is 9.65. The molecule has 1 aliphatic rings. The zero-order valence-corrected chi connectivity index (χ0v) is 18.9. The summed E-state index contributed by atoms with van der Waals surface area (Å²) >= 11 is 5.78. The van der Waals surface area contributed by atoms with Gasteiger partial charge in [0.25, 0.3) is 0 Å². The van der Waals surface area contributed by atoms with Gasteiger partial charge in [0, 0.05) is 13.0 Å². The fraction of sp³-hybridized carbons (Fsp3) is 0.417. The number of allylic oxidation sites excluding steroid dienone is 1. The second-order valence-electron chi connectivity index (χ2n) is 7.77. The standard InChI is InChI=1S/C12H21ClO.C12H10OP/c1-9-7-11(14-4)8-10(5-6-13)12(9,2)3;13-14(11-7-3-1-4-8-11)12-9-5-2-6-10-12/h5,9,11H,6-8H2,1-4H3;1-10H/q;+1. The number of rotatable bonds is 4. The maximum atomic E-state index is 12.0. The first kappa shape index (κ1) is 22.8. The van der Waals surface area contributed by atoms with Gasteiger partial charge in [0.05, 0.1) is 6.10 Å². The molecule has 0 N–H and O–H groups in total. The highest BCUT2D eigenvalue weighted by Gasteiger charge is 2.37. The summed E-state index contributed by atoms with van der Waals surface area (Å²) in [7, 11) is 0.379. The first-order valence-corrected chi connectivity index (χ1v) is 11.5. The van der Waals surface area contributed by atoms with Gasteiger partial charge in [-0.1, -0.05) is 73.4 Å². The normalized spacial score (nSPS) is 22.2. The predicted molar refractivity (Wildman–Crippen MR) is 122 cm³/mol. The second kappa shape index (κ2) is 10.9. The van der Waals surface area contributed by atoms with Gasteiger partial charge < -0.3 is 4.74 Å². The molecule has 150 valence electrons. The van der Waals surface area contributed by atoms with Gasteiger partial charge in [-0.15, -0.1) is 11.6 Å². The van der Waals surface area contributed by atoms with E-state index in [0.717, 1.165) is 23.5 Å². The van der Waals surface area contributed by atoms with Crippen LogP contribution in [-0.2, 0) is 9.30 Å². The van der Waals surface area contributed by atoms with Gasteiger partial charge in [-0.3, -0.25) is 0 Å². The highest BCUT2D eigenvalue weighted by molar-refractivity contribution is 7.61. The van der Waals surface area contributed by atoms with Crippen molar-refractivity contribution in [1.82, 2.24) is 0 Å². The molecule has 0 heterocycles. The number of ether oxygens (including phenoxy) is 1. The lowest BCUT2D eigenvalue weighted by Crippen LogP contribution is -2.35. The van der Waals surface area contributed by atoms with Gasteiger partial charge in [-0.25, -0.2) is 0 Å². The molecule has 3 rings (SSSR count). The van der Waals surface area contributed by atoms with Gasteiger partial charge in [0.1, 0.15) is 0 Å². The van der Waals surface area contributed by atoms with Crippen LogP contribution in [0.4, 0.5) is 0 Å². The highest BCUT2D eigenvalue weighted by atomic mass is 35.5. The van der Waals surface area contributed by atoms with Crippen LogP contribution in [0, 0.1) is 11.3 Å². The van der Waals surface area contributed by atoms with Crippen molar-refractivity contribution in [2.45, 2.75) is 39.7 Å². The minimum atomic E-state index is -1.42. The van der Waals surface area contributed by atoms with Crippen molar-refractivity contribution in [3.8, 4) is 0 Å². The number of halogens is 1. The van der Waals surface area contributed by atoms with Gasteiger partial charge in [-0.05, 0) is 48.4 Å². The average molecular weight is 418 g/mol. The molecule has 1 saturated carbocycles. The van der Waals surface area contributed by atoms with Crippen molar-refractivity contribution < 1.29 is 9.30 Å². The van der Waals surface area contributed by atoms with E-state index in [2.05, 4.69) is 26.8 Å². The maximum Gasteiger partial charge on any atom is 0.415 e. The molecule has 28 heavy (non-hydrogen) atoms. The van der Waals surface area contributed by atoms with Gasteiger partial charge in [0.15, 0.2) is 10.6 Å². The van der Waals surface area contributed by atoms with E-state index in [9.17, 15) is 4.57 Å². The Kier molecular flexibility index (Phi) is 8.89. The smallest absolute Gasteiger partial charge is 0.381 e. The van der Waals surface area contributed by atoms with Crippen LogP contribution < -0.4 is 10.6 Å². The fourth-order valence-corrected chi connectivity index (χ4v) is 4.86. The Morgan fingerprint density at radius 1 is 1.07 bits per heavy atom. The molecule has 2 aromatic rings. The molecular weight excluding hydrogens is 387 g/mol. The van der Waals surface area contributed by atoms with E-state index < -0.39 is 7.80 Å². The molecule has 2 nitrogen and oxygen atoms in total. The first-order chi connectivity index (χ1) is 13.4. The predicted octanol–water partition coefficient (Wildman–Crippen LogP) is 6.09. The van der Waals surface area contributed by atoms with Crippen LogP contribution in [0.5, 0.6) is 0 Å². The molecule has 2 unspecified atom stereocenters. The topological polar surface area (TPSA) is 26.3 Å². The molecular formula is C24H31ClO2P+. The van der Waals surface area contributed by atoms with Crippen LogP contribution >= 0.6 is 19.4 Å². The highest BCUT2D eigenvalue weighted by Crippen LogP contribution is 2.45. The molecule has 1 aliphatic carbocycles. The molecule has 2 atom stereocenters. The average Bonchev–Trinajstić information content (AvgIpc) is 2.73. The summed E-state index contributed by atoms with van der Waals surface area (Å²) in [5, 5.41) is 1.77. The SMILES string of the molecule is COC1CC(=CCCl)C(C)(C)C(C)C1.O=[P+](c1ccccc1)c1ccccc1. The zero-order valence-electron chi connectivity index (χ0n) is 17.3. The van der Waals surface area contributed by atoms with Crippen molar-refractivity contribution in [2.75, 3.05) is 13.0 Å². The zero-order chi connectivity index (χ0) is 20.6. The molecule has 0 aliphatic heterocycles. The largest absolute Gasteiger partial charge is 0.415 e. The molecule has 0 amide bonds. The fourth-order valence-electron chi connectivity index (χ4n) is 3.49. The van der Waals surface area contributed by atoms with Crippen molar-refractivity contribution in [1.29, 1.82) is 0 Å². The lowest BCUT2D eigenvalue weighted by Gasteiger charge is -2.42. The van der Waals surface area contributed by atoms with E-state index in [0.29, 0.717) is 17.9 Å². The number of hydrogen-bond acceptors (Lipinski definition) is 2. The van der Waals surface area contributed by atoms with E-state index in [1.807, 2.05) is 60.7 Å². The number of hydrogen-bond donors (Lipinski definition) is 0. The molecule has 4 heteroatoms. The minimum absolute atomic E-state index is 0.282. The monoisotopic (exact) mass is 417 g/mol. The summed E-state index contributed by atoms with van der Waals surface area (Å²) in [6, 6.07) is 19.1. The Morgan fingerprint density at radius 2 is 1.57 bits per heavy atom. The van der Waals surface area contributed by atoms with Crippen molar-refractivity contribution in [3.05, 3.63) is 72.3 Å². The van der Waals surface area contributed by atoms with E-state index in [4.69, 9.17) is 16.3 Å². The van der Waals surface area contributed by atoms with Crippen LogP contribution in [0.25, 0.3) is 0 Å². The lowest BCUT2D eigenvalue weighted by molar-refractivity contribution is 0.0372. The number of methoxy groups -OCH3 is 1. The summed E-state index contributed by atoms with van der Waals surface area (Å²) in [4.78, 5) is 0. The third kappa shape index (κ3) is 6.01. The summed E-state index contributed by atoms with van der Waals surface area (Å²) in [5.41, 5.74) is 1.74. The number of benzene rings is 2. The Balaban J connectivity index is 0.000000200. The summed E-state index contributed by atoms with van der Waals surface area (Å²) in [6.45, 7) is 6.91. The Labute approximate surface area is 175 Å². The Morgan fingerprint density at radius 3 is 2.00 bits per heavy atom. The third-order valence-electron chi connectivity index (χ3n) is 5.76. The van der Waals surface area contributed by atoms with E-state index >= 15 is 0 Å². The number of alkyl halides is 1. The van der Waals surface area contributed by atoms with Crippen LogP contribution in [-0.4, -0.2) is 19.1 Å². The van der Waals surface area contributed by atoms with E-state index in [1.54, 1.807) is 7.11 Å². The van der Waals surface area contributed by atoms with Crippen molar-refractivity contribution >= 4 is 30.0 Å². The first-order valence-electron chi connectivity index (χ1n) is 9.75. The maximum absolute atomic E-state index is 12.0. The Hall–Kier alpha value is -1.47. The summed E-state index contributed by atoms with van der Waals surface area (Å²) < 4.78 is 17.4. The van der Waals surface area contributed by atoms with Crippen molar-refractivity contribution in [3.63, 3.8) is 0 Å². The quantitative estimate of drug-likeness (QED) is 0.342. The van der Waals surface area contributed by atoms with Gasteiger partial charge >= 0.3 is 7.80 Å². The third-order valence-corrected chi connectivity index (χ3v) is 7.45. The van der Waals surface area contributed by atoms with Crippen LogP contribution in [0.1, 0.15) is 33.6 Å². The molecule has 1 fully saturated rings. The minimum Gasteiger partial charge on any atom is -0.381 e. The van der Waals surface area contributed by atoms with Gasteiger partial charge in [-0.2, -0.15) is 0 Å². The van der Waals surface area contributed by atoms with Crippen molar-refractivity contribution in [2.24, 2.45) is 11.3 Å². The van der Waals surface area contributed by atoms with Crippen LogP contribution in [0.2, 0.25) is 0 Å². The van der Waals surface area contributed by atoms with Gasteiger partial charge in [0.2, 0.25) is 0 Å². The van der Waals surface area contributed by atoms with Crippen LogP contribution in [0.15, 0.2) is 72.3 Å². The Bertz CT molecular complexity index is 730. The second-order valence-corrected chi connectivity index (χ2v) is 9.70. The molecule has 0 bridgehead atoms. The molecule has 2 aromatic carbocycles. The summed E-state index contributed by atoms with van der Waals surface area (Å²) in [6.07, 6.45) is 4.74. The summed E-state index contributed by atoms with van der Waals surface area (Å²) in [5.74, 6) is 1.28. The molecule has 0 radical (unpaired) electrons.